The van der Waals surface area contributed by atoms with E-state index in [0.29, 0.717) is 44.5 Å². The Morgan fingerprint density at radius 1 is 1.06 bits per heavy atom. The van der Waals surface area contributed by atoms with Gasteiger partial charge in [-0.15, -0.1) is 0 Å². The van der Waals surface area contributed by atoms with Crippen molar-refractivity contribution in [3.8, 4) is 11.4 Å². The first-order valence-electron chi connectivity index (χ1n) is 11.0. The Morgan fingerprint density at radius 3 is 2.52 bits per heavy atom. The minimum absolute atomic E-state index is 0.139. The van der Waals surface area contributed by atoms with Crippen molar-refractivity contribution in [1.82, 2.24) is 24.8 Å². The fraction of sp³-hybridized carbons (Fsp3) is 0.391. The van der Waals surface area contributed by atoms with Gasteiger partial charge < -0.3 is 4.90 Å². The lowest BCUT2D eigenvalue weighted by atomic mass is 9.94. The average Bonchev–Trinajstić information content (AvgIpc) is 3.47. The number of amides is 1. The predicted molar refractivity (Wildman–Crippen MR) is 116 cm³/mol. The van der Waals surface area contributed by atoms with Crippen LogP contribution in [0.4, 0.5) is 14.6 Å². The number of hydrogen-bond acceptors (Lipinski definition) is 6. The van der Waals surface area contributed by atoms with Crippen molar-refractivity contribution < 1.29 is 18.4 Å². The van der Waals surface area contributed by atoms with Crippen LogP contribution in [-0.2, 0) is 16.7 Å². The van der Waals surface area contributed by atoms with Gasteiger partial charge in [0.15, 0.2) is 0 Å². The number of halogens is 2. The second-order valence-electron chi connectivity index (χ2n) is 8.37. The lowest BCUT2D eigenvalue weighted by Gasteiger charge is -2.34. The molecule has 0 bridgehead atoms. The van der Waals surface area contributed by atoms with Crippen LogP contribution >= 0.6 is 0 Å². The Morgan fingerprint density at radius 2 is 1.82 bits per heavy atom. The zero-order valence-corrected chi connectivity index (χ0v) is 18.2. The van der Waals surface area contributed by atoms with Crippen LogP contribution in [0.1, 0.15) is 30.9 Å². The molecule has 1 amide bonds. The van der Waals surface area contributed by atoms with E-state index < -0.39 is 17.7 Å². The molecule has 1 aromatic carbocycles. The van der Waals surface area contributed by atoms with Crippen molar-refractivity contribution in [2.24, 2.45) is 13.0 Å². The Kier molecular flexibility index (Phi) is 5.76. The number of carbonyl (C=O) groups excluding carboxylic acids is 1. The Labute approximate surface area is 189 Å². The molecule has 0 spiro atoms. The number of aromatic nitrogens is 4. The molecule has 0 unspecified atom stereocenters. The molecule has 2 saturated heterocycles. The van der Waals surface area contributed by atoms with Gasteiger partial charge in [0.05, 0.1) is 24.0 Å². The molecule has 10 heteroatoms. The highest BCUT2D eigenvalue weighted by atomic mass is 19.1. The van der Waals surface area contributed by atoms with Gasteiger partial charge >= 0.3 is 0 Å². The number of carbonyl (C=O) groups is 1. The van der Waals surface area contributed by atoms with Gasteiger partial charge in [-0.3, -0.25) is 14.3 Å². The quantitative estimate of drug-likeness (QED) is 0.602. The highest BCUT2D eigenvalue weighted by Gasteiger charge is 2.37. The normalized spacial score (nSPS) is 19.3. The van der Waals surface area contributed by atoms with E-state index in [9.17, 15) is 13.6 Å². The molecule has 2 aromatic heterocycles. The summed E-state index contributed by atoms with van der Waals surface area (Å²) in [6, 6.07) is 6.70. The van der Waals surface area contributed by atoms with Gasteiger partial charge in [0.2, 0.25) is 5.91 Å². The minimum Gasteiger partial charge on any atom is -0.356 e. The van der Waals surface area contributed by atoms with E-state index >= 15 is 0 Å². The maximum atomic E-state index is 13.7. The number of hydrogen-bond donors (Lipinski definition) is 0. The van der Waals surface area contributed by atoms with Crippen LogP contribution in [0, 0.1) is 17.6 Å². The van der Waals surface area contributed by atoms with Crippen molar-refractivity contribution in [3.05, 3.63) is 60.1 Å². The molecule has 0 aliphatic carbocycles. The monoisotopic (exact) mass is 454 g/mol. The van der Waals surface area contributed by atoms with Crippen LogP contribution in [-0.4, -0.2) is 50.4 Å². The maximum Gasteiger partial charge on any atom is 0.249 e. The molecule has 5 rings (SSSR count). The molecule has 4 heterocycles. The third kappa shape index (κ3) is 4.30. The van der Waals surface area contributed by atoms with Gasteiger partial charge in [0.25, 0.3) is 0 Å². The molecule has 2 fully saturated rings. The number of anilines is 1. The summed E-state index contributed by atoms with van der Waals surface area (Å²) >= 11 is 0. The molecule has 3 aromatic rings. The third-order valence-corrected chi connectivity index (χ3v) is 6.30. The van der Waals surface area contributed by atoms with E-state index in [1.165, 1.54) is 23.5 Å². The molecule has 172 valence electrons. The van der Waals surface area contributed by atoms with E-state index in [1.807, 2.05) is 19.2 Å². The van der Waals surface area contributed by atoms with Crippen molar-refractivity contribution in [1.29, 1.82) is 0 Å². The molecule has 33 heavy (non-hydrogen) atoms. The smallest absolute Gasteiger partial charge is 0.249 e. The number of piperidine rings is 1. The fourth-order valence-corrected chi connectivity index (χ4v) is 4.58. The van der Waals surface area contributed by atoms with Crippen LogP contribution in [0.2, 0.25) is 0 Å². The van der Waals surface area contributed by atoms with E-state index in [2.05, 4.69) is 20.0 Å². The summed E-state index contributed by atoms with van der Waals surface area (Å²) in [6.07, 6.45) is 5.03. The predicted octanol–water partition coefficient (Wildman–Crippen LogP) is 3.28. The van der Waals surface area contributed by atoms with Crippen LogP contribution in [0.5, 0.6) is 0 Å². The zero-order chi connectivity index (χ0) is 22.9. The van der Waals surface area contributed by atoms with Crippen molar-refractivity contribution in [3.63, 3.8) is 0 Å². The van der Waals surface area contributed by atoms with Gasteiger partial charge in [-0.2, -0.15) is 5.10 Å². The van der Waals surface area contributed by atoms with Gasteiger partial charge in [0, 0.05) is 50.8 Å². The highest BCUT2D eigenvalue weighted by molar-refractivity contribution is 5.79. The number of rotatable bonds is 4. The number of hydroxylamine groups is 2. The summed E-state index contributed by atoms with van der Waals surface area (Å²) in [6.45, 7) is 1.65. The average molecular weight is 454 g/mol. The summed E-state index contributed by atoms with van der Waals surface area (Å²) in [4.78, 5) is 29.7. The highest BCUT2D eigenvalue weighted by Crippen LogP contribution is 2.34. The fourth-order valence-electron chi connectivity index (χ4n) is 4.58. The standard InChI is InChI=1S/C23H24F2N6O2/c1-29-21(2-6-28-29)19-13-22(27-14-26-19)30-7-3-15(4-8-30)23(32)31-20(5-9-33-31)16-10-17(24)12-18(25)11-16/h2,6,10-15,20H,3-5,7-9H2,1H3/t20-/m0/s1. The first kappa shape index (κ1) is 21.4. The summed E-state index contributed by atoms with van der Waals surface area (Å²) in [7, 11) is 1.86. The number of aryl methyl sites for hydroxylation is 1. The molecule has 0 radical (unpaired) electrons. The topological polar surface area (TPSA) is 76.4 Å². The van der Waals surface area contributed by atoms with E-state index in [0.717, 1.165) is 23.3 Å². The van der Waals surface area contributed by atoms with Gasteiger partial charge in [-0.05, 0) is 36.6 Å². The first-order valence-corrected chi connectivity index (χ1v) is 11.0. The van der Waals surface area contributed by atoms with Gasteiger partial charge in [-0.1, -0.05) is 0 Å². The van der Waals surface area contributed by atoms with E-state index in [4.69, 9.17) is 4.84 Å². The number of nitrogens with zero attached hydrogens (tertiary/aromatic N) is 6. The summed E-state index contributed by atoms with van der Waals surface area (Å²) in [5, 5.41) is 5.51. The molecule has 2 aliphatic heterocycles. The summed E-state index contributed by atoms with van der Waals surface area (Å²) in [5.41, 5.74) is 2.10. The summed E-state index contributed by atoms with van der Waals surface area (Å²) in [5.74, 6) is -0.878. The Bertz CT molecular complexity index is 1140. The molecular formula is C23H24F2N6O2. The van der Waals surface area contributed by atoms with Gasteiger partial charge in [-0.25, -0.2) is 23.8 Å². The molecule has 2 aliphatic rings. The first-order chi connectivity index (χ1) is 16.0. The zero-order valence-electron chi connectivity index (χ0n) is 18.2. The SMILES string of the molecule is Cn1nccc1-c1cc(N2CCC(C(=O)N3OCC[C@H]3c3cc(F)cc(F)c3)CC2)ncn1. The third-order valence-electron chi connectivity index (χ3n) is 6.30. The lowest BCUT2D eigenvalue weighted by molar-refractivity contribution is -0.182. The van der Waals surface area contributed by atoms with Crippen LogP contribution in [0.15, 0.2) is 42.9 Å². The maximum absolute atomic E-state index is 13.7. The second kappa shape index (κ2) is 8.86. The Balaban J connectivity index is 1.26. The summed E-state index contributed by atoms with van der Waals surface area (Å²) < 4.78 is 29.2. The van der Waals surface area contributed by atoms with E-state index in [-0.39, 0.29) is 11.8 Å². The second-order valence-corrected chi connectivity index (χ2v) is 8.37. The number of benzene rings is 1. The van der Waals surface area contributed by atoms with Crippen LogP contribution in [0.25, 0.3) is 11.4 Å². The van der Waals surface area contributed by atoms with Crippen molar-refractivity contribution >= 4 is 11.7 Å². The molecule has 0 saturated carbocycles. The van der Waals surface area contributed by atoms with Crippen LogP contribution < -0.4 is 4.90 Å². The molecule has 8 nitrogen and oxygen atoms in total. The lowest BCUT2D eigenvalue weighted by Crippen LogP contribution is -2.42. The van der Waals surface area contributed by atoms with Crippen molar-refractivity contribution in [2.75, 3.05) is 24.6 Å². The van der Waals surface area contributed by atoms with Gasteiger partial charge in [0.1, 0.15) is 23.8 Å². The Hall–Kier alpha value is -3.40. The van der Waals surface area contributed by atoms with Crippen LogP contribution in [0.3, 0.4) is 0 Å². The van der Waals surface area contributed by atoms with E-state index in [1.54, 1.807) is 10.9 Å². The molecule has 1 atom stereocenters. The minimum atomic E-state index is -0.659. The molecular weight excluding hydrogens is 430 g/mol. The van der Waals surface area contributed by atoms with Crippen molar-refractivity contribution in [2.45, 2.75) is 25.3 Å². The molecule has 0 N–H and O–H groups in total. The largest absolute Gasteiger partial charge is 0.356 e.